The van der Waals surface area contributed by atoms with Crippen LogP contribution < -0.4 is 5.32 Å². The van der Waals surface area contributed by atoms with Gasteiger partial charge in [0, 0.05) is 24.5 Å². The molecule has 0 atom stereocenters. The standard InChI is InChI=1S/C14H22N2OS/c1-11(2)15-9-14(17)16(3)10-12-5-7-13(18-4)8-6-12/h5-8,11,15H,9-10H2,1-4H3. The fraction of sp³-hybridized carbons (Fsp3) is 0.500. The summed E-state index contributed by atoms with van der Waals surface area (Å²) in [5.41, 5.74) is 1.16. The summed E-state index contributed by atoms with van der Waals surface area (Å²) >= 11 is 1.72. The first-order chi connectivity index (χ1) is 8.52. The summed E-state index contributed by atoms with van der Waals surface area (Å²) in [6.45, 7) is 5.13. The molecule has 0 saturated heterocycles. The number of hydrogen-bond donors (Lipinski definition) is 1. The molecular weight excluding hydrogens is 244 g/mol. The molecule has 0 aliphatic heterocycles. The molecule has 0 spiro atoms. The number of benzene rings is 1. The maximum Gasteiger partial charge on any atom is 0.236 e. The van der Waals surface area contributed by atoms with Gasteiger partial charge in [0.1, 0.15) is 0 Å². The minimum atomic E-state index is 0.123. The summed E-state index contributed by atoms with van der Waals surface area (Å²) in [6, 6.07) is 8.66. The Morgan fingerprint density at radius 2 is 1.94 bits per heavy atom. The van der Waals surface area contributed by atoms with Crippen LogP contribution in [-0.2, 0) is 11.3 Å². The lowest BCUT2D eigenvalue weighted by Gasteiger charge is -2.18. The lowest BCUT2D eigenvalue weighted by Crippen LogP contribution is -2.37. The van der Waals surface area contributed by atoms with E-state index in [4.69, 9.17) is 0 Å². The topological polar surface area (TPSA) is 32.3 Å². The Bertz CT molecular complexity index is 376. The molecule has 0 aliphatic carbocycles. The second-order valence-corrected chi connectivity index (χ2v) is 5.51. The van der Waals surface area contributed by atoms with E-state index in [1.807, 2.05) is 20.9 Å². The second-order valence-electron chi connectivity index (χ2n) is 4.63. The molecule has 0 aromatic heterocycles. The van der Waals surface area contributed by atoms with Gasteiger partial charge in [-0.25, -0.2) is 0 Å². The van der Waals surface area contributed by atoms with Crippen LogP contribution >= 0.6 is 11.8 Å². The summed E-state index contributed by atoms with van der Waals surface area (Å²) in [4.78, 5) is 14.8. The first-order valence-electron chi connectivity index (χ1n) is 6.13. The van der Waals surface area contributed by atoms with Gasteiger partial charge >= 0.3 is 0 Å². The Hall–Kier alpha value is -1.00. The monoisotopic (exact) mass is 266 g/mol. The first-order valence-corrected chi connectivity index (χ1v) is 7.35. The zero-order valence-electron chi connectivity index (χ0n) is 11.6. The van der Waals surface area contributed by atoms with E-state index in [0.717, 1.165) is 5.56 Å². The van der Waals surface area contributed by atoms with E-state index in [9.17, 15) is 4.79 Å². The van der Waals surface area contributed by atoms with E-state index in [1.165, 1.54) is 4.90 Å². The normalized spacial score (nSPS) is 10.7. The highest BCUT2D eigenvalue weighted by molar-refractivity contribution is 7.98. The average Bonchev–Trinajstić information content (AvgIpc) is 2.36. The fourth-order valence-electron chi connectivity index (χ4n) is 1.52. The van der Waals surface area contributed by atoms with Gasteiger partial charge in [-0.3, -0.25) is 4.79 Å². The number of carbonyl (C=O) groups is 1. The first kappa shape index (κ1) is 15.1. The third-order valence-corrected chi connectivity index (χ3v) is 3.41. The molecule has 18 heavy (non-hydrogen) atoms. The average molecular weight is 266 g/mol. The molecule has 100 valence electrons. The molecule has 0 unspecified atom stereocenters. The molecule has 0 heterocycles. The molecule has 0 fully saturated rings. The van der Waals surface area contributed by atoms with E-state index in [2.05, 4.69) is 35.8 Å². The van der Waals surface area contributed by atoms with E-state index in [-0.39, 0.29) is 5.91 Å². The maximum absolute atomic E-state index is 11.8. The second kappa shape index (κ2) is 7.44. The highest BCUT2D eigenvalue weighted by Crippen LogP contribution is 2.15. The SMILES string of the molecule is CSc1ccc(CN(C)C(=O)CNC(C)C)cc1. The molecule has 0 radical (unpaired) electrons. The van der Waals surface area contributed by atoms with Crippen LogP contribution in [0.15, 0.2) is 29.2 Å². The molecule has 0 bridgehead atoms. The van der Waals surface area contributed by atoms with E-state index in [1.54, 1.807) is 16.7 Å². The number of thioether (sulfide) groups is 1. The number of carbonyl (C=O) groups excluding carboxylic acids is 1. The molecule has 1 rings (SSSR count). The lowest BCUT2D eigenvalue weighted by atomic mass is 10.2. The van der Waals surface area contributed by atoms with Gasteiger partial charge in [0.25, 0.3) is 0 Å². The Labute approximate surface area is 114 Å². The Morgan fingerprint density at radius 3 is 2.44 bits per heavy atom. The zero-order chi connectivity index (χ0) is 13.5. The van der Waals surface area contributed by atoms with Crippen LogP contribution in [0, 0.1) is 0 Å². The third-order valence-electron chi connectivity index (χ3n) is 2.67. The molecule has 1 N–H and O–H groups in total. The van der Waals surface area contributed by atoms with Crippen LogP contribution in [0.4, 0.5) is 0 Å². The van der Waals surface area contributed by atoms with Crippen molar-refractivity contribution in [2.45, 2.75) is 31.3 Å². The Balaban J connectivity index is 2.47. The maximum atomic E-state index is 11.8. The number of likely N-dealkylation sites (N-methyl/N-ethyl adjacent to an activating group) is 1. The summed E-state index contributed by atoms with van der Waals surface area (Å²) in [5.74, 6) is 0.123. The van der Waals surface area contributed by atoms with E-state index < -0.39 is 0 Å². The molecule has 1 amide bonds. The van der Waals surface area contributed by atoms with Gasteiger partial charge in [0.2, 0.25) is 5.91 Å². The van der Waals surface area contributed by atoms with Crippen molar-refractivity contribution in [3.05, 3.63) is 29.8 Å². The Kier molecular flexibility index (Phi) is 6.22. The van der Waals surface area contributed by atoms with Crippen LogP contribution in [0.5, 0.6) is 0 Å². The number of amides is 1. The number of hydrogen-bond acceptors (Lipinski definition) is 3. The minimum absolute atomic E-state index is 0.123. The van der Waals surface area contributed by atoms with Gasteiger partial charge in [-0.15, -0.1) is 11.8 Å². The van der Waals surface area contributed by atoms with Gasteiger partial charge in [0.15, 0.2) is 0 Å². The lowest BCUT2D eigenvalue weighted by molar-refractivity contribution is -0.129. The fourth-order valence-corrected chi connectivity index (χ4v) is 1.93. The van der Waals surface area contributed by atoms with Crippen molar-refractivity contribution in [3.63, 3.8) is 0 Å². The van der Waals surface area contributed by atoms with Crippen LogP contribution in [0.3, 0.4) is 0 Å². The zero-order valence-corrected chi connectivity index (χ0v) is 12.4. The highest BCUT2D eigenvalue weighted by Gasteiger charge is 2.09. The van der Waals surface area contributed by atoms with Gasteiger partial charge in [-0.2, -0.15) is 0 Å². The van der Waals surface area contributed by atoms with Gasteiger partial charge in [-0.1, -0.05) is 26.0 Å². The Morgan fingerprint density at radius 1 is 1.33 bits per heavy atom. The number of nitrogens with zero attached hydrogens (tertiary/aromatic N) is 1. The smallest absolute Gasteiger partial charge is 0.236 e. The minimum Gasteiger partial charge on any atom is -0.340 e. The van der Waals surface area contributed by atoms with Crippen molar-refractivity contribution in [2.75, 3.05) is 19.8 Å². The summed E-state index contributed by atoms with van der Waals surface area (Å²) in [6.07, 6.45) is 2.06. The molecule has 1 aromatic rings. The van der Waals surface area contributed by atoms with Gasteiger partial charge in [0.05, 0.1) is 6.54 Å². The van der Waals surface area contributed by atoms with Gasteiger partial charge in [-0.05, 0) is 24.0 Å². The van der Waals surface area contributed by atoms with Crippen molar-refractivity contribution in [1.29, 1.82) is 0 Å². The summed E-state index contributed by atoms with van der Waals surface area (Å²) < 4.78 is 0. The van der Waals surface area contributed by atoms with E-state index >= 15 is 0 Å². The molecule has 0 aliphatic rings. The molecule has 0 saturated carbocycles. The van der Waals surface area contributed by atoms with Crippen LogP contribution in [-0.4, -0.2) is 36.7 Å². The molecular formula is C14H22N2OS. The largest absolute Gasteiger partial charge is 0.340 e. The van der Waals surface area contributed by atoms with Crippen LogP contribution in [0.1, 0.15) is 19.4 Å². The third kappa shape index (κ3) is 5.10. The molecule has 4 heteroatoms. The molecule has 3 nitrogen and oxygen atoms in total. The van der Waals surface area contributed by atoms with Crippen LogP contribution in [0.2, 0.25) is 0 Å². The summed E-state index contributed by atoms with van der Waals surface area (Å²) in [7, 11) is 1.84. The van der Waals surface area contributed by atoms with E-state index in [0.29, 0.717) is 19.1 Å². The summed E-state index contributed by atoms with van der Waals surface area (Å²) in [5, 5.41) is 3.14. The van der Waals surface area contributed by atoms with Crippen LogP contribution in [0.25, 0.3) is 0 Å². The highest BCUT2D eigenvalue weighted by atomic mass is 32.2. The van der Waals surface area contributed by atoms with Crippen molar-refractivity contribution >= 4 is 17.7 Å². The predicted molar refractivity (Wildman–Crippen MR) is 77.8 cm³/mol. The quantitative estimate of drug-likeness (QED) is 0.802. The predicted octanol–water partition coefficient (Wildman–Crippen LogP) is 2.36. The van der Waals surface area contributed by atoms with Crippen molar-refractivity contribution in [2.24, 2.45) is 0 Å². The van der Waals surface area contributed by atoms with Crippen molar-refractivity contribution in [3.8, 4) is 0 Å². The van der Waals surface area contributed by atoms with Gasteiger partial charge < -0.3 is 10.2 Å². The number of nitrogens with one attached hydrogen (secondary N) is 1. The number of rotatable bonds is 6. The van der Waals surface area contributed by atoms with Crippen molar-refractivity contribution < 1.29 is 4.79 Å². The molecule has 1 aromatic carbocycles. The van der Waals surface area contributed by atoms with Crippen molar-refractivity contribution in [1.82, 2.24) is 10.2 Å².